The summed E-state index contributed by atoms with van der Waals surface area (Å²) in [5, 5.41) is 2.88. The Kier molecular flexibility index (Phi) is 8.37. The van der Waals surface area contributed by atoms with E-state index >= 15 is 4.39 Å². The topological polar surface area (TPSA) is 123 Å². The van der Waals surface area contributed by atoms with Crippen molar-refractivity contribution >= 4 is 22.7 Å². The number of fused-ring (bicyclic) bond motifs is 1. The molecule has 5 rings (SSSR count). The van der Waals surface area contributed by atoms with Crippen LogP contribution in [-0.2, 0) is 6.54 Å². The van der Waals surface area contributed by atoms with E-state index in [1.54, 1.807) is 18.2 Å². The summed E-state index contributed by atoms with van der Waals surface area (Å²) in [4.78, 5) is 43.0. The van der Waals surface area contributed by atoms with E-state index in [0.29, 0.717) is 28.2 Å². The molecule has 44 heavy (non-hydrogen) atoms. The van der Waals surface area contributed by atoms with Crippen molar-refractivity contribution in [1.29, 1.82) is 0 Å². The number of hydrogen-bond acceptors (Lipinski definition) is 8. The van der Waals surface area contributed by atoms with E-state index in [4.69, 9.17) is 18.9 Å². The van der Waals surface area contributed by atoms with Crippen LogP contribution >= 0.6 is 0 Å². The van der Waals surface area contributed by atoms with Gasteiger partial charge in [-0.1, -0.05) is 6.08 Å². The Morgan fingerprint density at radius 2 is 1.66 bits per heavy atom. The van der Waals surface area contributed by atoms with Gasteiger partial charge in [-0.25, -0.2) is 22.9 Å². The Balaban J connectivity index is 1.38. The van der Waals surface area contributed by atoms with Crippen LogP contribution in [0.25, 0.3) is 16.6 Å². The van der Waals surface area contributed by atoms with Crippen LogP contribution in [0.15, 0.2) is 95.3 Å². The first-order valence-electron chi connectivity index (χ1n) is 12.9. The Morgan fingerprint density at radius 3 is 2.34 bits per heavy atom. The third kappa shape index (κ3) is 5.97. The van der Waals surface area contributed by atoms with Crippen LogP contribution in [0.2, 0.25) is 0 Å². The summed E-state index contributed by atoms with van der Waals surface area (Å²) < 4.78 is 52.0. The van der Waals surface area contributed by atoms with Crippen LogP contribution in [-0.4, -0.2) is 34.4 Å². The molecule has 1 N–H and O–H groups in total. The molecular weight excluding hydrogens is 578 g/mol. The largest absolute Gasteiger partial charge is 0.493 e. The zero-order chi connectivity index (χ0) is 31.4. The fourth-order valence-corrected chi connectivity index (χ4v) is 4.29. The number of aromatic nitrogens is 3. The predicted molar refractivity (Wildman–Crippen MR) is 157 cm³/mol. The molecule has 3 aromatic carbocycles. The Labute approximate surface area is 248 Å². The number of anilines is 1. The first kappa shape index (κ1) is 29.5. The molecule has 0 atom stereocenters. The van der Waals surface area contributed by atoms with Gasteiger partial charge in [-0.05, 0) is 48.5 Å². The van der Waals surface area contributed by atoms with Crippen molar-refractivity contribution in [3.05, 3.63) is 118 Å². The molecule has 2 heterocycles. The molecule has 0 spiro atoms. The number of hydrogen-bond donors (Lipinski definition) is 1. The number of methoxy groups -OCH3 is 2. The molecule has 0 unspecified atom stereocenters. The van der Waals surface area contributed by atoms with Crippen molar-refractivity contribution in [2.24, 2.45) is 0 Å². The zero-order valence-corrected chi connectivity index (χ0v) is 23.4. The third-order valence-electron chi connectivity index (χ3n) is 6.34. The van der Waals surface area contributed by atoms with Crippen LogP contribution < -0.4 is 35.5 Å². The number of nitrogens with one attached hydrogen (secondary N) is 1. The number of pyridine rings is 1. The summed E-state index contributed by atoms with van der Waals surface area (Å²) in [7, 11) is 2.98. The van der Waals surface area contributed by atoms with Gasteiger partial charge in [-0.15, -0.1) is 6.58 Å². The molecule has 0 fully saturated rings. The van der Waals surface area contributed by atoms with Crippen molar-refractivity contribution < 1.29 is 32.5 Å². The van der Waals surface area contributed by atoms with Gasteiger partial charge in [0.2, 0.25) is 5.75 Å². The summed E-state index contributed by atoms with van der Waals surface area (Å²) >= 11 is 0. The summed E-state index contributed by atoms with van der Waals surface area (Å²) in [5.74, 6) is -0.852. The average Bonchev–Trinajstić information content (AvgIpc) is 3.01. The Bertz CT molecular complexity index is 2010. The molecule has 5 aromatic rings. The normalized spacial score (nSPS) is 10.7. The van der Waals surface area contributed by atoms with Crippen molar-refractivity contribution in [1.82, 2.24) is 14.1 Å². The molecule has 224 valence electrons. The number of carbonyl (C=O) groups is 1. The molecule has 0 saturated heterocycles. The second kappa shape index (κ2) is 12.5. The summed E-state index contributed by atoms with van der Waals surface area (Å²) in [6, 6.07) is 13.1. The highest BCUT2D eigenvalue weighted by Gasteiger charge is 2.18. The number of ether oxygens (including phenoxy) is 4. The zero-order valence-electron chi connectivity index (χ0n) is 23.4. The van der Waals surface area contributed by atoms with Crippen LogP contribution in [0, 0.1) is 11.6 Å². The summed E-state index contributed by atoms with van der Waals surface area (Å²) in [6.07, 6.45) is 2.81. The van der Waals surface area contributed by atoms with Crippen LogP contribution in [0.1, 0.15) is 0 Å². The first-order valence-corrected chi connectivity index (χ1v) is 12.9. The second-order valence-electron chi connectivity index (χ2n) is 9.13. The smallest absolute Gasteiger partial charge is 0.417 e. The summed E-state index contributed by atoms with van der Waals surface area (Å²) in [6.45, 7) is 3.56. The van der Waals surface area contributed by atoms with Crippen LogP contribution in [0.3, 0.4) is 0 Å². The minimum absolute atomic E-state index is 0.0101. The lowest BCUT2D eigenvalue weighted by Gasteiger charge is -2.14. The predicted octanol–water partition coefficient (Wildman–Crippen LogP) is 5.43. The van der Waals surface area contributed by atoms with Crippen LogP contribution in [0.5, 0.6) is 28.7 Å². The molecule has 0 bridgehead atoms. The standard InChI is InChI=1S/C31H24F2N4O7/c1-4-13-36-17-28(29(38)37(31(36)40)20-8-5-18(32)6-9-20)44-30(39)35-19-7-10-25(22(33)14-19)43-24-11-12-34-23-16-27(42-3)26(41-2)15-21(23)24/h4-12,14-17H,1,13H2,2-3H3,(H,35,39). The van der Waals surface area contributed by atoms with E-state index in [1.807, 2.05) is 0 Å². The van der Waals surface area contributed by atoms with Gasteiger partial charge >= 0.3 is 17.3 Å². The van der Waals surface area contributed by atoms with E-state index in [2.05, 4.69) is 16.9 Å². The van der Waals surface area contributed by atoms with Gasteiger partial charge in [0, 0.05) is 35.9 Å². The fourth-order valence-electron chi connectivity index (χ4n) is 4.29. The van der Waals surface area contributed by atoms with Crippen molar-refractivity contribution in [2.75, 3.05) is 19.5 Å². The number of benzene rings is 3. The average molecular weight is 603 g/mol. The van der Waals surface area contributed by atoms with Crippen molar-refractivity contribution in [3.63, 3.8) is 0 Å². The monoisotopic (exact) mass is 602 g/mol. The van der Waals surface area contributed by atoms with Gasteiger partial charge in [0.1, 0.15) is 11.6 Å². The van der Waals surface area contributed by atoms with E-state index in [1.165, 1.54) is 50.8 Å². The van der Waals surface area contributed by atoms with Crippen molar-refractivity contribution in [3.8, 4) is 34.4 Å². The molecule has 0 aliphatic rings. The minimum atomic E-state index is -1.13. The molecule has 2 aromatic heterocycles. The quantitative estimate of drug-likeness (QED) is 0.222. The Hall–Kier alpha value is -5.98. The van der Waals surface area contributed by atoms with Gasteiger partial charge in [0.25, 0.3) is 0 Å². The maximum Gasteiger partial charge on any atom is 0.417 e. The number of nitrogens with zero attached hydrogens (tertiary/aromatic N) is 3. The number of rotatable bonds is 9. The molecule has 0 radical (unpaired) electrons. The van der Waals surface area contributed by atoms with Gasteiger partial charge in [0.05, 0.1) is 31.6 Å². The number of amides is 1. The first-order chi connectivity index (χ1) is 21.2. The lowest BCUT2D eigenvalue weighted by molar-refractivity contribution is 0.214. The molecule has 1 amide bonds. The molecule has 0 aliphatic carbocycles. The maximum absolute atomic E-state index is 15.1. The number of carbonyl (C=O) groups excluding carboxylic acids is 1. The van der Waals surface area contributed by atoms with Crippen molar-refractivity contribution in [2.45, 2.75) is 6.54 Å². The molecule has 0 saturated carbocycles. The molecular formula is C31H24F2N4O7. The molecule has 11 nitrogen and oxygen atoms in total. The molecule has 0 aliphatic heterocycles. The number of allylic oxidation sites excluding steroid dienone is 1. The molecule has 13 heteroatoms. The SMILES string of the molecule is C=CCn1cc(OC(=O)Nc2ccc(Oc3ccnc4cc(OC)c(OC)cc34)c(F)c2)c(=O)n(-c2ccc(F)cc2)c1=O. The van der Waals surface area contributed by atoms with Gasteiger partial charge < -0.3 is 18.9 Å². The van der Waals surface area contributed by atoms with Crippen LogP contribution in [0.4, 0.5) is 19.3 Å². The number of halogens is 2. The lowest BCUT2D eigenvalue weighted by Crippen LogP contribution is -2.39. The van der Waals surface area contributed by atoms with Gasteiger partial charge in [-0.2, -0.15) is 0 Å². The fraction of sp³-hybridized carbons (Fsp3) is 0.0968. The Morgan fingerprint density at radius 1 is 0.932 bits per heavy atom. The highest BCUT2D eigenvalue weighted by Crippen LogP contribution is 2.37. The maximum atomic E-state index is 15.1. The highest BCUT2D eigenvalue weighted by molar-refractivity contribution is 5.88. The third-order valence-corrected chi connectivity index (χ3v) is 6.34. The van der Waals surface area contributed by atoms with E-state index < -0.39 is 34.7 Å². The second-order valence-corrected chi connectivity index (χ2v) is 9.13. The van der Waals surface area contributed by atoms with E-state index in [-0.39, 0.29) is 23.7 Å². The highest BCUT2D eigenvalue weighted by atomic mass is 19.1. The minimum Gasteiger partial charge on any atom is -0.493 e. The van der Waals surface area contributed by atoms with Gasteiger partial charge in [0.15, 0.2) is 23.1 Å². The van der Waals surface area contributed by atoms with E-state index in [0.717, 1.165) is 33.5 Å². The summed E-state index contributed by atoms with van der Waals surface area (Å²) in [5.41, 5.74) is -1.15. The van der Waals surface area contributed by atoms with E-state index in [9.17, 15) is 18.8 Å². The lowest BCUT2D eigenvalue weighted by atomic mass is 10.2. The van der Waals surface area contributed by atoms with Gasteiger partial charge in [-0.3, -0.25) is 19.7 Å².